The van der Waals surface area contributed by atoms with Gasteiger partial charge in [0, 0.05) is 17.3 Å². The molecule has 0 bridgehead atoms. The smallest absolute Gasteiger partial charge is 0.235 e. The van der Waals surface area contributed by atoms with E-state index in [0.29, 0.717) is 17.4 Å². The van der Waals surface area contributed by atoms with Crippen LogP contribution >= 0.6 is 11.8 Å². The first-order valence-corrected chi connectivity index (χ1v) is 9.81. The molecule has 0 radical (unpaired) electrons. The van der Waals surface area contributed by atoms with Gasteiger partial charge in [0.05, 0.1) is 30.9 Å². The van der Waals surface area contributed by atoms with Crippen LogP contribution in [0.1, 0.15) is 22.1 Å². The SMILES string of the molecule is COc1ccc(OC)c([C@@H]2SCC(=O)Nc3c2c(C)nn3-c2ccccn2)c1. The maximum absolute atomic E-state index is 12.4. The lowest BCUT2D eigenvalue weighted by atomic mass is 10.0. The summed E-state index contributed by atoms with van der Waals surface area (Å²) in [5.74, 6) is 3.01. The summed E-state index contributed by atoms with van der Waals surface area (Å²) >= 11 is 1.54. The molecule has 7 nitrogen and oxygen atoms in total. The molecule has 0 fully saturated rings. The van der Waals surface area contributed by atoms with Crippen molar-refractivity contribution in [1.29, 1.82) is 0 Å². The number of nitrogens with zero attached hydrogens (tertiary/aromatic N) is 3. The number of hydrogen-bond acceptors (Lipinski definition) is 6. The summed E-state index contributed by atoms with van der Waals surface area (Å²) in [7, 11) is 3.27. The second-order valence-electron chi connectivity index (χ2n) is 6.29. The highest BCUT2D eigenvalue weighted by molar-refractivity contribution is 8.00. The average molecular weight is 396 g/mol. The van der Waals surface area contributed by atoms with Gasteiger partial charge in [-0.05, 0) is 37.3 Å². The van der Waals surface area contributed by atoms with Crippen LogP contribution in [-0.4, -0.2) is 40.6 Å². The number of amides is 1. The third kappa shape index (κ3) is 3.20. The summed E-state index contributed by atoms with van der Waals surface area (Å²) in [6.07, 6.45) is 1.70. The van der Waals surface area contributed by atoms with Gasteiger partial charge in [-0.1, -0.05) is 6.07 Å². The second kappa shape index (κ2) is 7.55. The molecule has 1 aliphatic heterocycles. The molecule has 1 N–H and O–H groups in total. The van der Waals surface area contributed by atoms with Gasteiger partial charge in [0.25, 0.3) is 0 Å². The standard InChI is InChI=1S/C20H20N4O3S/c1-12-18-19(14-10-13(26-2)7-8-15(14)27-3)28-11-17(25)22-20(18)24(23-12)16-6-4-5-9-21-16/h4-10,19H,11H2,1-3H3,(H,22,25)/t19-/m0/s1. The lowest BCUT2D eigenvalue weighted by Gasteiger charge is -2.19. The number of aryl methyl sites for hydroxylation is 1. The summed E-state index contributed by atoms with van der Waals surface area (Å²) < 4.78 is 12.7. The van der Waals surface area contributed by atoms with E-state index in [2.05, 4.69) is 15.4 Å². The molecule has 0 saturated heterocycles. The maximum Gasteiger partial charge on any atom is 0.235 e. The van der Waals surface area contributed by atoms with E-state index in [9.17, 15) is 4.79 Å². The minimum atomic E-state index is -0.142. The molecular weight excluding hydrogens is 376 g/mol. The first-order valence-electron chi connectivity index (χ1n) is 8.76. The summed E-state index contributed by atoms with van der Waals surface area (Å²) in [6, 6.07) is 11.3. The van der Waals surface area contributed by atoms with Crippen molar-refractivity contribution in [1.82, 2.24) is 14.8 Å². The van der Waals surface area contributed by atoms with Crippen molar-refractivity contribution in [3.8, 4) is 17.3 Å². The maximum atomic E-state index is 12.4. The van der Waals surface area contributed by atoms with E-state index in [1.807, 2.05) is 43.3 Å². The van der Waals surface area contributed by atoms with Crippen LogP contribution in [0.4, 0.5) is 5.82 Å². The summed E-state index contributed by atoms with van der Waals surface area (Å²) in [5.41, 5.74) is 2.70. The van der Waals surface area contributed by atoms with Gasteiger partial charge in [-0.2, -0.15) is 9.78 Å². The second-order valence-corrected chi connectivity index (χ2v) is 7.39. The number of rotatable bonds is 4. The number of benzene rings is 1. The van der Waals surface area contributed by atoms with Crippen LogP contribution in [0.5, 0.6) is 11.5 Å². The molecule has 1 atom stereocenters. The molecule has 1 aliphatic rings. The Hall–Kier alpha value is -3.00. The molecule has 0 spiro atoms. The molecule has 1 amide bonds. The molecule has 8 heteroatoms. The Labute approximate surface area is 167 Å². The van der Waals surface area contributed by atoms with Crippen molar-refractivity contribution in [3.63, 3.8) is 0 Å². The zero-order chi connectivity index (χ0) is 19.7. The van der Waals surface area contributed by atoms with Crippen molar-refractivity contribution in [3.05, 3.63) is 59.4 Å². The fraction of sp³-hybridized carbons (Fsp3) is 0.250. The third-order valence-corrected chi connectivity index (χ3v) is 5.85. The first-order chi connectivity index (χ1) is 13.6. The quantitative estimate of drug-likeness (QED) is 0.729. The van der Waals surface area contributed by atoms with Crippen molar-refractivity contribution in [2.24, 2.45) is 0 Å². The molecule has 144 valence electrons. The lowest BCUT2D eigenvalue weighted by molar-refractivity contribution is -0.113. The summed E-state index contributed by atoms with van der Waals surface area (Å²) in [4.78, 5) is 16.8. The van der Waals surface area contributed by atoms with E-state index >= 15 is 0 Å². The number of pyridine rings is 1. The Bertz CT molecular complexity index is 1020. The molecule has 3 aromatic rings. The van der Waals surface area contributed by atoms with Crippen LogP contribution in [0.15, 0.2) is 42.6 Å². The van der Waals surface area contributed by atoms with Gasteiger partial charge >= 0.3 is 0 Å². The predicted octanol–water partition coefficient (Wildman–Crippen LogP) is 3.37. The fourth-order valence-electron chi connectivity index (χ4n) is 3.32. The Morgan fingerprint density at radius 1 is 1.21 bits per heavy atom. The number of aromatic nitrogens is 3. The molecular formula is C20H20N4O3S. The normalized spacial score (nSPS) is 16.1. The van der Waals surface area contributed by atoms with Gasteiger partial charge in [0.2, 0.25) is 5.91 Å². The van der Waals surface area contributed by atoms with Crippen LogP contribution in [0.3, 0.4) is 0 Å². The Morgan fingerprint density at radius 2 is 2.07 bits per heavy atom. The first kappa shape index (κ1) is 18.4. The number of thioether (sulfide) groups is 1. The molecule has 3 heterocycles. The van der Waals surface area contributed by atoms with Gasteiger partial charge in [0.15, 0.2) is 5.82 Å². The molecule has 2 aromatic heterocycles. The van der Waals surface area contributed by atoms with Gasteiger partial charge in [0.1, 0.15) is 17.3 Å². The van der Waals surface area contributed by atoms with Crippen LogP contribution in [0, 0.1) is 6.92 Å². The predicted molar refractivity (Wildman–Crippen MR) is 109 cm³/mol. The van der Waals surface area contributed by atoms with Gasteiger partial charge in [-0.15, -0.1) is 11.8 Å². The van der Waals surface area contributed by atoms with Crippen molar-refractivity contribution < 1.29 is 14.3 Å². The average Bonchev–Trinajstić information content (AvgIpc) is 2.93. The third-order valence-electron chi connectivity index (χ3n) is 4.59. The zero-order valence-electron chi connectivity index (χ0n) is 15.8. The Morgan fingerprint density at radius 3 is 2.79 bits per heavy atom. The Kier molecular flexibility index (Phi) is 4.95. The number of methoxy groups -OCH3 is 2. The molecule has 4 rings (SSSR count). The molecule has 1 aromatic carbocycles. The van der Waals surface area contributed by atoms with Crippen molar-refractivity contribution >= 4 is 23.5 Å². The minimum absolute atomic E-state index is 0.0762. The van der Waals surface area contributed by atoms with Gasteiger partial charge in [-0.25, -0.2) is 4.98 Å². The molecule has 0 unspecified atom stereocenters. The van der Waals surface area contributed by atoms with E-state index < -0.39 is 0 Å². The number of carbonyl (C=O) groups excluding carboxylic acids is 1. The summed E-state index contributed by atoms with van der Waals surface area (Å²) in [6.45, 7) is 1.94. The molecule has 28 heavy (non-hydrogen) atoms. The van der Waals surface area contributed by atoms with E-state index in [0.717, 1.165) is 28.3 Å². The van der Waals surface area contributed by atoms with Crippen LogP contribution in [-0.2, 0) is 4.79 Å². The summed E-state index contributed by atoms with van der Waals surface area (Å²) in [5, 5.41) is 7.53. The fourth-order valence-corrected chi connectivity index (χ4v) is 4.52. The number of ether oxygens (including phenoxy) is 2. The number of anilines is 1. The van der Waals surface area contributed by atoms with Crippen molar-refractivity contribution in [2.45, 2.75) is 12.2 Å². The highest BCUT2D eigenvalue weighted by Crippen LogP contribution is 2.47. The van der Waals surface area contributed by atoms with Gasteiger partial charge in [-0.3, -0.25) is 4.79 Å². The molecule has 0 saturated carbocycles. The Balaban J connectivity index is 1.92. The van der Waals surface area contributed by atoms with Crippen LogP contribution in [0.2, 0.25) is 0 Å². The lowest BCUT2D eigenvalue weighted by Crippen LogP contribution is -2.16. The van der Waals surface area contributed by atoms with Crippen LogP contribution < -0.4 is 14.8 Å². The van der Waals surface area contributed by atoms with Gasteiger partial charge < -0.3 is 14.8 Å². The number of nitrogens with one attached hydrogen (secondary N) is 1. The van der Waals surface area contributed by atoms with E-state index in [1.165, 1.54) is 11.8 Å². The molecule has 0 aliphatic carbocycles. The van der Waals surface area contributed by atoms with Crippen LogP contribution in [0.25, 0.3) is 5.82 Å². The topological polar surface area (TPSA) is 78.3 Å². The zero-order valence-corrected chi connectivity index (χ0v) is 16.6. The minimum Gasteiger partial charge on any atom is -0.497 e. The van der Waals surface area contributed by atoms with E-state index in [4.69, 9.17) is 9.47 Å². The van der Waals surface area contributed by atoms with E-state index in [1.54, 1.807) is 25.1 Å². The van der Waals surface area contributed by atoms with E-state index in [-0.39, 0.29) is 11.2 Å². The number of carbonyl (C=O) groups is 1. The number of hydrogen-bond donors (Lipinski definition) is 1. The monoisotopic (exact) mass is 396 g/mol. The number of fused-ring (bicyclic) bond motifs is 1. The van der Waals surface area contributed by atoms with Crippen molar-refractivity contribution in [2.75, 3.05) is 25.3 Å². The highest BCUT2D eigenvalue weighted by atomic mass is 32.2. The highest BCUT2D eigenvalue weighted by Gasteiger charge is 2.32. The largest absolute Gasteiger partial charge is 0.497 e.